The van der Waals surface area contributed by atoms with Crippen LogP contribution in [0.25, 0.3) is 10.9 Å². The molecule has 2 rings (SSSR count). The minimum absolute atomic E-state index is 0.152. The zero-order valence-electron chi connectivity index (χ0n) is 8.31. The molecule has 0 N–H and O–H groups in total. The van der Waals surface area contributed by atoms with E-state index < -0.39 is 16.4 Å². The SMILES string of the molecule is COc1c([N+](=O)[O-])c(F)cc2cccnc12. The maximum absolute atomic E-state index is 13.5. The average Bonchev–Trinajstić information content (AvgIpc) is 2.26. The molecule has 0 saturated carbocycles. The van der Waals surface area contributed by atoms with Gasteiger partial charge in [-0.1, -0.05) is 6.07 Å². The molecule has 16 heavy (non-hydrogen) atoms. The van der Waals surface area contributed by atoms with E-state index in [1.807, 2.05) is 0 Å². The van der Waals surface area contributed by atoms with E-state index in [1.54, 1.807) is 12.1 Å². The number of nitro benzene ring substituents is 1. The molecule has 0 saturated heterocycles. The minimum Gasteiger partial charge on any atom is -0.489 e. The van der Waals surface area contributed by atoms with E-state index in [0.29, 0.717) is 5.39 Å². The van der Waals surface area contributed by atoms with Crippen molar-refractivity contribution in [2.24, 2.45) is 0 Å². The molecule has 0 atom stereocenters. The Hall–Kier alpha value is -2.24. The second-order valence-corrected chi connectivity index (χ2v) is 3.07. The summed E-state index contributed by atoms with van der Waals surface area (Å²) in [4.78, 5) is 13.8. The van der Waals surface area contributed by atoms with Gasteiger partial charge in [-0.15, -0.1) is 0 Å². The van der Waals surface area contributed by atoms with Crippen LogP contribution in [0.1, 0.15) is 0 Å². The lowest BCUT2D eigenvalue weighted by molar-refractivity contribution is -0.388. The zero-order valence-corrected chi connectivity index (χ0v) is 8.31. The highest BCUT2D eigenvalue weighted by Crippen LogP contribution is 2.36. The predicted octanol–water partition coefficient (Wildman–Crippen LogP) is 2.29. The molecule has 1 aromatic carbocycles. The van der Waals surface area contributed by atoms with Crippen LogP contribution in [-0.2, 0) is 0 Å². The summed E-state index contributed by atoms with van der Waals surface area (Å²) in [6, 6.07) is 4.30. The van der Waals surface area contributed by atoms with Gasteiger partial charge in [0, 0.05) is 11.6 Å². The molecular weight excluding hydrogens is 215 g/mol. The maximum atomic E-state index is 13.5. The van der Waals surface area contributed by atoms with E-state index in [0.717, 1.165) is 6.07 Å². The van der Waals surface area contributed by atoms with Crippen LogP contribution in [-0.4, -0.2) is 17.0 Å². The highest BCUT2D eigenvalue weighted by atomic mass is 19.1. The van der Waals surface area contributed by atoms with Crippen molar-refractivity contribution < 1.29 is 14.1 Å². The molecule has 0 unspecified atom stereocenters. The fourth-order valence-corrected chi connectivity index (χ4v) is 1.51. The maximum Gasteiger partial charge on any atom is 0.348 e. The quantitative estimate of drug-likeness (QED) is 0.577. The number of benzene rings is 1. The van der Waals surface area contributed by atoms with E-state index >= 15 is 0 Å². The van der Waals surface area contributed by atoms with Crippen molar-refractivity contribution in [3.05, 3.63) is 40.3 Å². The molecule has 0 aliphatic heterocycles. The monoisotopic (exact) mass is 222 g/mol. The summed E-state index contributed by atoms with van der Waals surface area (Å²) in [5.41, 5.74) is -0.410. The molecule has 0 spiro atoms. The van der Waals surface area contributed by atoms with Gasteiger partial charge in [-0.05, 0) is 12.1 Å². The highest BCUT2D eigenvalue weighted by Gasteiger charge is 2.24. The molecule has 0 radical (unpaired) electrons. The first kappa shape index (κ1) is 10.3. The number of fused-ring (bicyclic) bond motifs is 1. The molecule has 1 aromatic heterocycles. The first-order chi connectivity index (χ1) is 7.65. The Kier molecular flexibility index (Phi) is 2.40. The second kappa shape index (κ2) is 3.73. The van der Waals surface area contributed by atoms with Gasteiger partial charge in [-0.2, -0.15) is 4.39 Å². The molecule has 0 aliphatic rings. The topological polar surface area (TPSA) is 65.3 Å². The Morgan fingerprint density at radius 1 is 1.56 bits per heavy atom. The van der Waals surface area contributed by atoms with E-state index in [4.69, 9.17) is 4.74 Å². The number of halogens is 1. The second-order valence-electron chi connectivity index (χ2n) is 3.07. The Morgan fingerprint density at radius 2 is 2.31 bits per heavy atom. The van der Waals surface area contributed by atoms with Crippen molar-refractivity contribution >= 4 is 16.6 Å². The lowest BCUT2D eigenvalue weighted by Gasteiger charge is -2.05. The van der Waals surface area contributed by atoms with Crippen LogP contribution >= 0.6 is 0 Å². The van der Waals surface area contributed by atoms with Crippen LogP contribution in [0.3, 0.4) is 0 Å². The van der Waals surface area contributed by atoms with Gasteiger partial charge in [0.25, 0.3) is 0 Å². The predicted molar refractivity (Wildman–Crippen MR) is 54.9 cm³/mol. The summed E-state index contributed by atoms with van der Waals surface area (Å²) in [6.07, 6.45) is 1.46. The van der Waals surface area contributed by atoms with Crippen molar-refractivity contribution in [3.63, 3.8) is 0 Å². The number of hydrogen-bond donors (Lipinski definition) is 0. The molecule has 0 amide bonds. The third kappa shape index (κ3) is 1.44. The lowest BCUT2D eigenvalue weighted by Crippen LogP contribution is -1.99. The number of rotatable bonds is 2. The van der Waals surface area contributed by atoms with Gasteiger partial charge in [0.2, 0.25) is 11.6 Å². The first-order valence-electron chi connectivity index (χ1n) is 4.40. The van der Waals surface area contributed by atoms with Crippen LogP contribution in [0.5, 0.6) is 5.75 Å². The number of methoxy groups -OCH3 is 1. The number of nitro groups is 1. The van der Waals surface area contributed by atoms with Crippen molar-refractivity contribution in [3.8, 4) is 5.75 Å². The highest BCUT2D eigenvalue weighted by molar-refractivity contribution is 5.88. The molecule has 1 heterocycles. The average molecular weight is 222 g/mol. The summed E-state index contributed by atoms with van der Waals surface area (Å²) < 4.78 is 18.3. The smallest absolute Gasteiger partial charge is 0.348 e. The van der Waals surface area contributed by atoms with Gasteiger partial charge in [-0.25, -0.2) is 0 Å². The zero-order chi connectivity index (χ0) is 11.7. The number of hydrogen-bond acceptors (Lipinski definition) is 4. The summed E-state index contributed by atoms with van der Waals surface area (Å²) in [5.74, 6) is -1.08. The third-order valence-electron chi connectivity index (χ3n) is 2.16. The lowest BCUT2D eigenvalue weighted by atomic mass is 10.1. The standard InChI is InChI=1S/C10H7FN2O3/c1-16-10-8-6(3-2-4-12-8)5-7(11)9(10)13(14)15/h2-5H,1H3. The van der Waals surface area contributed by atoms with Gasteiger partial charge in [0.05, 0.1) is 12.0 Å². The first-order valence-corrected chi connectivity index (χ1v) is 4.40. The summed E-state index contributed by atoms with van der Waals surface area (Å²) in [5, 5.41) is 11.2. The number of nitrogens with zero attached hydrogens (tertiary/aromatic N) is 2. The Labute approximate surface area is 89.6 Å². The molecule has 0 aliphatic carbocycles. The van der Waals surface area contributed by atoms with Crippen LogP contribution < -0.4 is 4.74 Å². The van der Waals surface area contributed by atoms with Crippen molar-refractivity contribution in [2.75, 3.05) is 7.11 Å². The van der Waals surface area contributed by atoms with Crippen molar-refractivity contribution in [1.29, 1.82) is 0 Å². The normalized spacial score (nSPS) is 10.4. The van der Waals surface area contributed by atoms with Crippen molar-refractivity contribution in [1.82, 2.24) is 4.98 Å². The molecule has 6 heteroatoms. The molecule has 2 aromatic rings. The van der Waals surface area contributed by atoms with Crippen LogP contribution in [0.15, 0.2) is 24.4 Å². The minimum atomic E-state index is -0.928. The van der Waals surface area contributed by atoms with Gasteiger partial charge in [-0.3, -0.25) is 15.1 Å². The Morgan fingerprint density at radius 3 is 2.94 bits per heavy atom. The largest absolute Gasteiger partial charge is 0.489 e. The van der Waals surface area contributed by atoms with E-state index in [1.165, 1.54) is 13.3 Å². The Balaban J connectivity index is 2.90. The molecule has 82 valence electrons. The van der Waals surface area contributed by atoms with Crippen LogP contribution in [0.4, 0.5) is 10.1 Å². The fourth-order valence-electron chi connectivity index (χ4n) is 1.51. The number of aromatic nitrogens is 1. The summed E-state index contributed by atoms with van der Waals surface area (Å²) in [6.45, 7) is 0. The molecule has 0 fully saturated rings. The number of pyridine rings is 1. The van der Waals surface area contributed by atoms with Crippen LogP contribution in [0.2, 0.25) is 0 Å². The van der Waals surface area contributed by atoms with Gasteiger partial charge < -0.3 is 4.74 Å². The van der Waals surface area contributed by atoms with Crippen LogP contribution in [0, 0.1) is 15.9 Å². The third-order valence-corrected chi connectivity index (χ3v) is 2.16. The Bertz CT molecular complexity index is 571. The summed E-state index contributed by atoms with van der Waals surface area (Å²) in [7, 11) is 1.25. The van der Waals surface area contributed by atoms with Gasteiger partial charge in [0.15, 0.2) is 0 Å². The van der Waals surface area contributed by atoms with Gasteiger partial charge >= 0.3 is 5.69 Å². The van der Waals surface area contributed by atoms with E-state index in [2.05, 4.69) is 4.98 Å². The summed E-state index contributed by atoms with van der Waals surface area (Å²) >= 11 is 0. The van der Waals surface area contributed by atoms with Gasteiger partial charge in [0.1, 0.15) is 5.52 Å². The molecule has 5 nitrogen and oxygen atoms in total. The fraction of sp³-hybridized carbons (Fsp3) is 0.100. The van der Waals surface area contributed by atoms with Crippen molar-refractivity contribution in [2.45, 2.75) is 0 Å². The molecular formula is C10H7FN2O3. The molecule has 0 bridgehead atoms. The van der Waals surface area contributed by atoms with E-state index in [9.17, 15) is 14.5 Å². The van der Waals surface area contributed by atoms with E-state index in [-0.39, 0.29) is 11.3 Å². The number of ether oxygens (including phenoxy) is 1.